The zero-order valence-corrected chi connectivity index (χ0v) is 19.7. The number of methoxy groups -OCH3 is 2. The third-order valence-corrected chi connectivity index (χ3v) is 5.30. The van der Waals surface area contributed by atoms with Crippen LogP contribution < -0.4 is 14.2 Å². The number of esters is 1. The molecule has 0 spiro atoms. The topological polar surface area (TPSA) is 119 Å². The van der Waals surface area contributed by atoms with Crippen molar-refractivity contribution < 1.29 is 42.2 Å². The van der Waals surface area contributed by atoms with Crippen LogP contribution in [0.25, 0.3) is 5.69 Å². The number of halogens is 2. The Morgan fingerprint density at radius 2 is 1.61 bits per heavy atom. The fourth-order valence-corrected chi connectivity index (χ4v) is 3.69. The first-order valence-corrected chi connectivity index (χ1v) is 10.4. The van der Waals surface area contributed by atoms with Crippen molar-refractivity contribution in [3.63, 3.8) is 0 Å². The van der Waals surface area contributed by atoms with E-state index in [1.807, 2.05) is 0 Å². The van der Waals surface area contributed by atoms with E-state index in [1.165, 1.54) is 26.4 Å². The highest BCUT2D eigenvalue weighted by atomic mass is 19.3. The van der Waals surface area contributed by atoms with E-state index in [0.717, 1.165) is 12.1 Å². The van der Waals surface area contributed by atoms with E-state index in [1.54, 1.807) is 36.6 Å². The minimum Gasteiger partial charge on any atom is -0.493 e. The number of hydrogen-bond acceptors (Lipinski definition) is 8. The van der Waals surface area contributed by atoms with Gasteiger partial charge in [-0.3, -0.25) is 14.9 Å². The zero-order chi connectivity index (χ0) is 26.6. The molecule has 0 atom stereocenters. The van der Waals surface area contributed by atoms with E-state index in [4.69, 9.17) is 14.2 Å². The quantitative estimate of drug-likeness (QED) is 0.169. The average molecular weight is 504 g/mol. The number of ketones is 1. The van der Waals surface area contributed by atoms with Crippen LogP contribution in [0.2, 0.25) is 0 Å². The highest BCUT2D eigenvalue weighted by Gasteiger charge is 2.27. The average Bonchev–Trinajstić information content (AvgIpc) is 3.15. The zero-order valence-electron chi connectivity index (χ0n) is 19.7. The van der Waals surface area contributed by atoms with Crippen molar-refractivity contribution in [1.29, 1.82) is 0 Å². The van der Waals surface area contributed by atoms with Crippen molar-refractivity contribution in [2.75, 3.05) is 20.8 Å². The molecule has 0 aliphatic heterocycles. The molecule has 1 aromatic heterocycles. The van der Waals surface area contributed by atoms with Crippen molar-refractivity contribution in [1.82, 2.24) is 4.57 Å². The van der Waals surface area contributed by atoms with Gasteiger partial charge >= 0.3 is 12.6 Å². The largest absolute Gasteiger partial charge is 0.493 e. The van der Waals surface area contributed by atoms with Gasteiger partial charge in [0, 0.05) is 28.7 Å². The fourth-order valence-electron chi connectivity index (χ4n) is 3.69. The van der Waals surface area contributed by atoms with Gasteiger partial charge in [0.25, 0.3) is 5.69 Å². The van der Waals surface area contributed by atoms with Gasteiger partial charge in [0.05, 0.1) is 25.2 Å². The SMILES string of the molecule is COc1cc(C(=O)OCC(=O)c2cc(C)n(-c3ccc(OC(F)F)cc3)c2C)c([N+](=O)[O-])cc1OC. The van der Waals surface area contributed by atoms with Crippen LogP contribution in [0.3, 0.4) is 0 Å². The molecule has 36 heavy (non-hydrogen) atoms. The number of ether oxygens (including phenoxy) is 4. The summed E-state index contributed by atoms with van der Waals surface area (Å²) in [5, 5.41) is 11.4. The Labute approximate surface area is 204 Å². The number of aryl methyl sites for hydroxylation is 1. The molecule has 0 fully saturated rings. The Kier molecular flexibility index (Phi) is 7.87. The van der Waals surface area contributed by atoms with Crippen molar-refractivity contribution in [2.45, 2.75) is 20.5 Å². The van der Waals surface area contributed by atoms with Crippen LogP contribution in [0.5, 0.6) is 17.2 Å². The van der Waals surface area contributed by atoms with Gasteiger partial charge in [-0.1, -0.05) is 0 Å². The first kappa shape index (κ1) is 26.1. The molecule has 1 heterocycles. The van der Waals surface area contributed by atoms with Crippen LogP contribution >= 0.6 is 0 Å². The highest BCUT2D eigenvalue weighted by molar-refractivity contribution is 6.01. The second-order valence-electron chi connectivity index (χ2n) is 7.47. The van der Waals surface area contributed by atoms with Gasteiger partial charge in [-0.15, -0.1) is 0 Å². The number of aromatic nitrogens is 1. The number of carbonyl (C=O) groups excluding carboxylic acids is 2. The maximum atomic E-state index is 12.8. The molecule has 0 unspecified atom stereocenters. The summed E-state index contributed by atoms with van der Waals surface area (Å²) in [5.41, 5.74) is 1.08. The van der Waals surface area contributed by atoms with Crippen LogP contribution in [0, 0.1) is 24.0 Å². The number of rotatable bonds is 10. The molecular weight excluding hydrogens is 482 g/mol. The standard InChI is InChI=1S/C24H22F2N2O8/c1-13-9-17(14(2)27(13)15-5-7-16(8-6-15)36-24(25)26)20(29)12-35-23(30)18-10-21(33-3)22(34-4)11-19(18)28(31)32/h5-11,24H,12H2,1-4H3. The van der Waals surface area contributed by atoms with Crippen molar-refractivity contribution in [2.24, 2.45) is 0 Å². The van der Waals surface area contributed by atoms with Gasteiger partial charge in [-0.05, 0) is 44.2 Å². The number of benzene rings is 2. The van der Waals surface area contributed by atoms with Crippen molar-refractivity contribution in [3.05, 3.63) is 75.1 Å². The third kappa shape index (κ3) is 5.43. The van der Waals surface area contributed by atoms with Crippen LogP contribution in [0.4, 0.5) is 14.5 Å². The van der Waals surface area contributed by atoms with Gasteiger partial charge < -0.3 is 23.5 Å². The molecule has 0 amide bonds. The first-order valence-electron chi connectivity index (χ1n) is 10.4. The number of nitro groups is 1. The molecule has 3 aromatic rings. The van der Waals surface area contributed by atoms with Crippen LogP contribution in [0.1, 0.15) is 32.1 Å². The Morgan fingerprint density at radius 1 is 1.00 bits per heavy atom. The monoisotopic (exact) mass is 504 g/mol. The third-order valence-electron chi connectivity index (χ3n) is 5.30. The van der Waals surface area contributed by atoms with Gasteiger partial charge in [-0.25, -0.2) is 4.79 Å². The summed E-state index contributed by atoms with van der Waals surface area (Å²) in [6, 6.07) is 9.59. The maximum absolute atomic E-state index is 12.8. The summed E-state index contributed by atoms with van der Waals surface area (Å²) in [7, 11) is 2.59. The lowest BCUT2D eigenvalue weighted by Gasteiger charge is -2.12. The second-order valence-corrected chi connectivity index (χ2v) is 7.47. The molecule has 0 aliphatic rings. The van der Waals surface area contributed by atoms with E-state index >= 15 is 0 Å². The Bertz CT molecular complexity index is 1300. The van der Waals surface area contributed by atoms with Crippen molar-refractivity contribution >= 4 is 17.4 Å². The minimum atomic E-state index is -2.95. The van der Waals surface area contributed by atoms with E-state index in [-0.39, 0.29) is 22.8 Å². The van der Waals surface area contributed by atoms with Gasteiger partial charge in [-0.2, -0.15) is 8.78 Å². The predicted molar refractivity (Wildman–Crippen MR) is 123 cm³/mol. The molecule has 12 heteroatoms. The number of alkyl halides is 2. The van der Waals surface area contributed by atoms with Gasteiger partial charge in [0.2, 0.25) is 5.78 Å². The smallest absolute Gasteiger partial charge is 0.387 e. The molecular formula is C24H22F2N2O8. The molecule has 0 bridgehead atoms. The van der Waals surface area contributed by atoms with Crippen LogP contribution in [0.15, 0.2) is 42.5 Å². The summed E-state index contributed by atoms with van der Waals surface area (Å²) in [4.78, 5) is 36.1. The van der Waals surface area contributed by atoms with Gasteiger partial charge in [0.1, 0.15) is 11.3 Å². The molecule has 0 aliphatic carbocycles. The van der Waals surface area contributed by atoms with E-state index in [2.05, 4.69) is 4.74 Å². The molecule has 2 aromatic carbocycles. The molecule has 190 valence electrons. The number of carbonyl (C=O) groups is 2. The van der Waals surface area contributed by atoms with Crippen LogP contribution in [-0.4, -0.2) is 48.7 Å². The number of Topliss-reactive ketones (excluding diaryl/α,β-unsaturated/α-hetero) is 1. The summed E-state index contributed by atoms with van der Waals surface area (Å²) in [5.74, 6) is -1.50. The van der Waals surface area contributed by atoms with Crippen molar-refractivity contribution in [3.8, 4) is 22.9 Å². The summed E-state index contributed by atoms with van der Waals surface area (Å²) in [6.07, 6.45) is 0. The van der Waals surface area contributed by atoms with Gasteiger partial charge in [0.15, 0.2) is 18.1 Å². The fraction of sp³-hybridized carbons (Fsp3) is 0.250. The lowest BCUT2D eigenvalue weighted by atomic mass is 10.1. The molecule has 0 N–H and O–H groups in total. The number of nitro benzene ring substituents is 1. The number of nitrogens with zero attached hydrogens (tertiary/aromatic N) is 2. The maximum Gasteiger partial charge on any atom is 0.387 e. The van der Waals surface area contributed by atoms with E-state index < -0.39 is 41.1 Å². The predicted octanol–water partition coefficient (Wildman–Crippen LogP) is 4.66. The molecule has 3 rings (SSSR count). The first-order chi connectivity index (χ1) is 17.1. The lowest BCUT2D eigenvalue weighted by molar-refractivity contribution is -0.385. The van der Waals surface area contributed by atoms with E-state index in [0.29, 0.717) is 17.1 Å². The lowest BCUT2D eigenvalue weighted by Crippen LogP contribution is -2.16. The second kappa shape index (κ2) is 10.8. The Hall–Kier alpha value is -4.48. The normalized spacial score (nSPS) is 10.8. The minimum absolute atomic E-state index is 0.0105. The molecule has 10 nitrogen and oxygen atoms in total. The molecule has 0 saturated carbocycles. The summed E-state index contributed by atoms with van der Waals surface area (Å²) < 4.78 is 46.0. The number of hydrogen-bond donors (Lipinski definition) is 0. The molecule has 0 saturated heterocycles. The Balaban J connectivity index is 1.80. The highest BCUT2D eigenvalue weighted by Crippen LogP contribution is 2.35. The van der Waals surface area contributed by atoms with Crippen LogP contribution in [-0.2, 0) is 4.74 Å². The summed E-state index contributed by atoms with van der Waals surface area (Å²) >= 11 is 0. The molecule has 0 radical (unpaired) electrons. The summed E-state index contributed by atoms with van der Waals surface area (Å²) in [6.45, 7) is -0.203. The van der Waals surface area contributed by atoms with E-state index in [9.17, 15) is 28.5 Å². The Morgan fingerprint density at radius 3 is 2.17 bits per heavy atom.